The van der Waals surface area contributed by atoms with Crippen molar-refractivity contribution >= 4 is 28.8 Å². The lowest BCUT2D eigenvalue weighted by molar-refractivity contribution is 0.102. The summed E-state index contributed by atoms with van der Waals surface area (Å²) in [5.74, 6) is 0.892. The van der Waals surface area contributed by atoms with Crippen LogP contribution in [0.2, 0.25) is 0 Å². The number of furan rings is 1. The molecule has 0 aliphatic heterocycles. The predicted molar refractivity (Wildman–Crippen MR) is 84.9 cm³/mol. The maximum atomic E-state index is 12.3. The largest absolute Gasteiger partial charge is 0.495 e. The molecule has 0 radical (unpaired) electrons. The van der Waals surface area contributed by atoms with Crippen molar-refractivity contribution in [2.24, 2.45) is 5.73 Å². The second-order valence-electron chi connectivity index (χ2n) is 4.34. The lowest BCUT2D eigenvalue weighted by Gasteiger charge is -2.11. The zero-order valence-corrected chi connectivity index (χ0v) is 12.6. The van der Waals surface area contributed by atoms with Gasteiger partial charge in [-0.15, -0.1) is 0 Å². The summed E-state index contributed by atoms with van der Waals surface area (Å²) in [6.07, 6.45) is 2.15. The molecule has 0 bridgehead atoms. The third-order valence-electron chi connectivity index (χ3n) is 3.05. The molecular formula is C15H16N2O3S. The molecule has 1 aromatic heterocycles. The van der Waals surface area contributed by atoms with Crippen LogP contribution in [0.5, 0.6) is 5.75 Å². The van der Waals surface area contributed by atoms with Gasteiger partial charge in [-0.2, -0.15) is 0 Å². The molecule has 5 nitrogen and oxygen atoms in total. The molecule has 0 saturated carbocycles. The summed E-state index contributed by atoms with van der Waals surface area (Å²) in [6, 6.07) is 6.77. The molecule has 3 N–H and O–H groups in total. The first kappa shape index (κ1) is 15.1. The van der Waals surface area contributed by atoms with Gasteiger partial charge in [0.15, 0.2) is 0 Å². The van der Waals surface area contributed by atoms with E-state index in [1.54, 1.807) is 24.3 Å². The number of methoxy groups -OCH3 is 1. The molecule has 0 aliphatic carbocycles. The van der Waals surface area contributed by atoms with Crippen LogP contribution in [0.3, 0.4) is 0 Å². The Hall–Kier alpha value is -2.34. The number of aryl methyl sites for hydroxylation is 1. The van der Waals surface area contributed by atoms with E-state index in [0.29, 0.717) is 34.7 Å². The topological polar surface area (TPSA) is 77.5 Å². The van der Waals surface area contributed by atoms with Gasteiger partial charge in [-0.3, -0.25) is 4.79 Å². The third kappa shape index (κ3) is 3.22. The van der Waals surface area contributed by atoms with Crippen LogP contribution in [0.1, 0.15) is 28.6 Å². The molecule has 1 amide bonds. The summed E-state index contributed by atoms with van der Waals surface area (Å²) >= 11 is 4.92. The lowest BCUT2D eigenvalue weighted by atomic mass is 10.1. The molecule has 0 aliphatic rings. The fourth-order valence-electron chi connectivity index (χ4n) is 1.95. The number of hydrogen-bond donors (Lipinski definition) is 2. The van der Waals surface area contributed by atoms with Crippen LogP contribution in [0.25, 0.3) is 0 Å². The Balaban J connectivity index is 2.27. The van der Waals surface area contributed by atoms with Crippen molar-refractivity contribution < 1.29 is 13.9 Å². The highest BCUT2D eigenvalue weighted by Crippen LogP contribution is 2.26. The molecule has 110 valence electrons. The first-order valence-electron chi connectivity index (χ1n) is 6.42. The predicted octanol–water partition coefficient (Wildman–Crippen LogP) is 2.74. The van der Waals surface area contributed by atoms with Crippen molar-refractivity contribution in [1.82, 2.24) is 0 Å². The number of carbonyl (C=O) groups is 1. The van der Waals surface area contributed by atoms with Gasteiger partial charge in [0.1, 0.15) is 16.5 Å². The Kier molecular flexibility index (Phi) is 4.59. The fraction of sp³-hybridized carbons (Fsp3) is 0.200. The van der Waals surface area contributed by atoms with Gasteiger partial charge in [-0.05, 0) is 24.3 Å². The van der Waals surface area contributed by atoms with Crippen LogP contribution in [0, 0.1) is 0 Å². The maximum Gasteiger partial charge on any atom is 0.259 e. The molecule has 2 rings (SSSR count). The number of nitrogens with two attached hydrogens (primary N) is 1. The van der Waals surface area contributed by atoms with Crippen molar-refractivity contribution in [3.63, 3.8) is 0 Å². The Morgan fingerprint density at radius 2 is 2.19 bits per heavy atom. The highest BCUT2D eigenvalue weighted by molar-refractivity contribution is 7.80. The van der Waals surface area contributed by atoms with Gasteiger partial charge in [0.2, 0.25) is 0 Å². The smallest absolute Gasteiger partial charge is 0.259 e. The minimum absolute atomic E-state index is 0.248. The number of hydrogen-bond acceptors (Lipinski definition) is 4. The number of thiocarbonyl (C=S) groups is 1. The van der Waals surface area contributed by atoms with Crippen molar-refractivity contribution in [3.8, 4) is 5.75 Å². The molecule has 1 aromatic carbocycles. The van der Waals surface area contributed by atoms with Gasteiger partial charge in [0, 0.05) is 12.0 Å². The summed E-state index contributed by atoms with van der Waals surface area (Å²) in [5.41, 5.74) is 7.32. The van der Waals surface area contributed by atoms with Gasteiger partial charge in [-0.1, -0.05) is 19.1 Å². The normalized spacial score (nSPS) is 10.2. The van der Waals surface area contributed by atoms with Crippen LogP contribution >= 0.6 is 12.2 Å². The van der Waals surface area contributed by atoms with Crippen molar-refractivity contribution in [1.29, 1.82) is 0 Å². The Morgan fingerprint density at radius 1 is 1.43 bits per heavy atom. The number of anilines is 1. The quantitative estimate of drug-likeness (QED) is 0.831. The highest BCUT2D eigenvalue weighted by atomic mass is 32.1. The lowest BCUT2D eigenvalue weighted by Crippen LogP contribution is -2.14. The first-order valence-corrected chi connectivity index (χ1v) is 6.83. The van der Waals surface area contributed by atoms with E-state index >= 15 is 0 Å². The average molecular weight is 304 g/mol. The summed E-state index contributed by atoms with van der Waals surface area (Å²) in [7, 11) is 1.52. The van der Waals surface area contributed by atoms with E-state index < -0.39 is 0 Å². The van der Waals surface area contributed by atoms with E-state index in [1.165, 1.54) is 13.4 Å². The average Bonchev–Trinajstić information content (AvgIpc) is 2.95. The van der Waals surface area contributed by atoms with Crippen LogP contribution in [-0.2, 0) is 6.42 Å². The summed E-state index contributed by atoms with van der Waals surface area (Å²) < 4.78 is 10.5. The number of ether oxygens (including phenoxy) is 1. The molecule has 0 fully saturated rings. The Labute approximate surface area is 128 Å². The minimum Gasteiger partial charge on any atom is -0.495 e. The Bertz CT molecular complexity index is 679. The molecule has 1 heterocycles. The van der Waals surface area contributed by atoms with Crippen LogP contribution in [0.15, 0.2) is 34.9 Å². The van der Waals surface area contributed by atoms with E-state index in [2.05, 4.69) is 5.32 Å². The second kappa shape index (κ2) is 6.41. The zero-order chi connectivity index (χ0) is 15.4. The van der Waals surface area contributed by atoms with Crippen LogP contribution in [-0.4, -0.2) is 18.0 Å². The summed E-state index contributed by atoms with van der Waals surface area (Å²) in [6.45, 7) is 1.92. The molecule has 0 saturated heterocycles. The van der Waals surface area contributed by atoms with Crippen molar-refractivity contribution in [2.75, 3.05) is 12.4 Å². The van der Waals surface area contributed by atoms with Gasteiger partial charge >= 0.3 is 0 Å². The summed E-state index contributed by atoms with van der Waals surface area (Å²) in [4.78, 5) is 12.5. The van der Waals surface area contributed by atoms with E-state index in [1.807, 2.05) is 6.92 Å². The van der Waals surface area contributed by atoms with Gasteiger partial charge in [0.25, 0.3) is 5.91 Å². The van der Waals surface area contributed by atoms with Crippen LogP contribution < -0.4 is 15.8 Å². The van der Waals surface area contributed by atoms with Gasteiger partial charge in [0.05, 0.1) is 24.6 Å². The molecule has 6 heteroatoms. The first-order chi connectivity index (χ1) is 10.1. The van der Waals surface area contributed by atoms with E-state index in [-0.39, 0.29) is 10.9 Å². The van der Waals surface area contributed by atoms with Crippen molar-refractivity contribution in [3.05, 3.63) is 47.4 Å². The number of benzene rings is 1. The fourth-order valence-corrected chi connectivity index (χ4v) is 2.08. The summed E-state index contributed by atoms with van der Waals surface area (Å²) in [5, 5.41) is 2.80. The molecule has 21 heavy (non-hydrogen) atoms. The number of amides is 1. The van der Waals surface area contributed by atoms with E-state index in [0.717, 1.165) is 0 Å². The second-order valence-corrected chi connectivity index (χ2v) is 4.78. The maximum absolute atomic E-state index is 12.3. The number of carbonyl (C=O) groups excluding carboxylic acids is 1. The van der Waals surface area contributed by atoms with E-state index in [9.17, 15) is 4.79 Å². The van der Waals surface area contributed by atoms with E-state index in [4.69, 9.17) is 27.1 Å². The zero-order valence-electron chi connectivity index (χ0n) is 11.8. The SMILES string of the molecule is CCc1occc1C(=O)Nc1ccc(C(N)=S)cc1OC. The standard InChI is InChI=1S/C15H16N2O3S/c1-3-12-10(6-7-20-12)15(18)17-11-5-4-9(14(16)21)8-13(11)19-2/h4-8H,3H2,1-2H3,(H2,16,21)(H,17,18). The molecule has 0 atom stereocenters. The monoisotopic (exact) mass is 304 g/mol. The molecule has 2 aromatic rings. The number of nitrogens with one attached hydrogen (secondary N) is 1. The molecule has 0 spiro atoms. The Morgan fingerprint density at radius 3 is 2.81 bits per heavy atom. The van der Waals surface area contributed by atoms with Gasteiger partial charge < -0.3 is 20.2 Å². The van der Waals surface area contributed by atoms with Crippen LogP contribution in [0.4, 0.5) is 5.69 Å². The minimum atomic E-state index is -0.248. The third-order valence-corrected chi connectivity index (χ3v) is 3.28. The van der Waals surface area contributed by atoms with Gasteiger partial charge in [-0.25, -0.2) is 0 Å². The molecular weight excluding hydrogens is 288 g/mol. The molecule has 0 unspecified atom stereocenters. The van der Waals surface area contributed by atoms with Crippen molar-refractivity contribution in [2.45, 2.75) is 13.3 Å². The highest BCUT2D eigenvalue weighted by Gasteiger charge is 2.15. The number of rotatable bonds is 5.